The van der Waals surface area contributed by atoms with Crippen molar-refractivity contribution in [1.29, 1.82) is 0 Å². The Labute approximate surface area is 139 Å². The molecule has 0 saturated heterocycles. The number of aliphatic hydroxyl groups is 1. The summed E-state index contributed by atoms with van der Waals surface area (Å²) in [5, 5.41) is 15.9. The number of hydrogen-bond acceptors (Lipinski definition) is 4. The van der Waals surface area contributed by atoms with Crippen LogP contribution in [0.5, 0.6) is 0 Å². The Morgan fingerprint density at radius 1 is 1.41 bits per heavy atom. The maximum Gasteiger partial charge on any atom is 0.142 e. The van der Waals surface area contributed by atoms with E-state index >= 15 is 0 Å². The molecule has 1 aromatic heterocycles. The molecule has 0 bridgehead atoms. The molecule has 120 valence electrons. The quantitative estimate of drug-likeness (QED) is 0.861. The normalized spacial score (nSPS) is 13.4. The van der Waals surface area contributed by atoms with Crippen molar-refractivity contribution >= 4 is 22.9 Å². The van der Waals surface area contributed by atoms with Gasteiger partial charge in [0.2, 0.25) is 0 Å². The topological polar surface area (TPSA) is 45.2 Å². The SMILES string of the molecule is CC(C)(C)c1nc(CNC(CO)c2ccc(Cl)c(F)c2)cs1. The third-order valence-corrected chi connectivity index (χ3v) is 4.87. The summed E-state index contributed by atoms with van der Waals surface area (Å²) < 4.78 is 13.5. The Morgan fingerprint density at radius 3 is 2.68 bits per heavy atom. The summed E-state index contributed by atoms with van der Waals surface area (Å²) in [5.41, 5.74) is 1.61. The van der Waals surface area contributed by atoms with Crippen LogP contribution in [0.3, 0.4) is 0 Å². The van der Waals surface area contributed by atoms with Crippen molar-refractivity contribution in [3.63, 3.8) is 0 Å². The minimum absolute atomic E-state index is 0.0264. The number of nitrogens with one attached hydrogen (secondary N) is 1. The lowest BCUT2D eigenvalue weighted by molar-refractivity contribution is 0.243. The second kappa shape index (κ2) is 7.04. The summed E-state index contributed by atoms with van der Waals surface area (Å²) >= 11 is 7.31. The van der Waals surface area contributed by atoms with Crippen LogP contribution in [0.4, 0.5) is 4.39 Å². The average Bonchev–Trinajstić information content (AvgIpc) is 2.92. The van der Waals surface area contributed by atoms with E-state index in [-0.39, 0.29) is 23.1 Å². The zero-order chi connectivity index (χ0) is 16.3. The van der Waals surface area contributed by atoms with Gasteiger partial charge in [0.1, 0.15) is 5.82 Å². The minimum atomic E-state index is -0.483. The standard InChI is InChI=1S/C16H20ClFN2OS/c1-16(2,3)15-20-11(9-22-15)7-19-14(8-21)10-4-5-12(17)13(18)6-10/h4-6,9,14,19,21H,7-8H2,1-3H3. The summed E-state index contributed by atoms with van der Waals surface area (Å²) in [5.74, 6) is -0.483. The first kappa shape index (κ1) is 17.3. The van der Waals surface area contributed by atoms with Gasteiger partial charge in [-0.1, -0.05) is 38.4 Å². The van der Waals surface area contributed by atoms with E-state index in [1.807, 2.05) is 5.38 Å². The molecular formula is C16H20ClFN2OS. The van der Waals surface area contributed by atoms with Crippen molar-refractivity contribution in [2.24, 2.45) is 0 Å². The van der Waals surface area contributed by atoms with Gasteiger partial charge in [-0.25, -0.2) is 9.37 Å². The lowest BCUT2D eigenvalue weighted by Gasteiger charge is -2.17. The molecule has 0 fully saturated rings. The number of aliphatic hydroxyl groups excluding tert-OH is 1. The van der Waals surface area contributed by atoms with Crippen LogP contribution in [-0.2, 0) is 12.0 Å². The number of aromatic nitrogens is 1. The summed E-state index contributed by atoms with van der Waals surface area (Å²) in [6.07, 6.45) is 0. The molecule has 1 unspecified atom stereocenters. The lowest BCUT2D eigenvalue weighted by Crippen LogP contribution is -2.24. The highest BCUT2D eigenvalue weighted by molar-refractivity contribution is 7.09. The highest BCUT2D eigenvalue weighted by Gasteiger charge is 2.18. The Hall–Kier alpha value is -1.01. The molecule has 3 nitrogen and oxygen atoms in total. The van der Waals surface area contributed by atoms with E-state index < -0.39 is 5.82 Å². The Balaban J connectivity index is 2.04. The maximum absolute atomic E-state index is 13.5. The Kier molecular flexibility index (Phi) is 5.55. The van der Waals surface area contributed by atoms with Crippen molar-refractivity contribution in [2.75, 3.05) is 6.61 Å². The molecular weight excluding hydrogens is 323 g/mol. The molecule has 2 rings (SSSR count). The van der Waals surface area contributed by atoms with Crippen LogP contribution in [0, 0.1) is 5.82 Å². The van der Waals surface area contributed by atoms with Gasteiger partial charge in [0.15, 0.2) is 0 Å². The van der Waals surface area contributed by atoms with Crippen molar-refractivity contribution < 1.29 is 9.50 Å². The highest BCUT2D eigenvalue weighted by Crippen LogP contribution is 2.26. The first-order valence-corrected chi connectivity index (χ1v) is 8.31. The van der Waals surface area contributed by atoms with Crippen molar-refractivity contribution in [1.82, 2.24) is 10.3 Å². The molecule has 6 heteroatoms. The van der Waals surface area contributed by atoms with E-state index in [9.17, 15) is 9.50 Å². The smallest absolute Gasteiger partial charge is 0.142 e. The zero-order valence-electron chi connectivity index (χ0n) is 12.9. The fourth-order valence-corrected chi connectivity index (χ4v) is 3.00. The van der Waals surface area contributed by atoms with Gasteiger partial charge in [0.25, 0.3) is 0 Å². The molecule has 0 aliphatic heterocycles. The third-order valence-electron chi connectivity index (χ3n) is 3.25. The summed E-state index contributed by atoms with van der Waals surface area (Å²) in [4.78, 5) is 4.59. The van der Waals surface area contributed by atoms with Crippen LogP contribution in [0.15, 0.2) is 23.6 Å². The van der Waals surface area contributed by atoms with E-state index in [4.69, 9.17) is 11.6 Å². The van der Waals surface area contributed by atoms with Crippen LogP contribution in [0.2, 0.25) is 5.02 Å². The van der Waals surface area contributed by atoms with Crippen LogP contribution in [0.1, 0.15) is 43.1 Å². The molecule has 1 atom stereocenters. The van der Waals surface area contributed by atoms with Gasteiger partial charge < -0.3 is 10.4 Å². The van der Waals surface area contributed by atoms with Gasteiger partial charge in [-0.15, -0.1) is 11.3 Å². The predicted molar refractivity (Wildman–Crippen MR) is 88.9 cm³/mol. The van der Waals surface area contributed by atoms with Crippen LogP contribution >= 0.6 is 22.9 Å². The molecule has 2 aromatic rings. The molecule has 0 radical (unpaired) electrons. The largest absolute Gasteiger partial charge is 0.394 e. The number of rotatable bonds is 5. The van der Waals surface area contributed by atoms with E-state index in [1.54, 1.807) is 17.4 Å². The van der Waals surface area contributed by atoms with Gasteiger partial charge in [-0.05, 0) is 17.7 Å². The van der Waals surface area contributed by atoms with E-state index in [2.05, 4.69) is 31.1 Å². The zero-order valence-corrected chi connectivity index (χ0v) is 14.4. The van der Waals surface area contributed by atoms with Crippen molar-refractivity contribution in [3.05, 3.63) is 50.7 Å². The average molecular weight is 343 g/mol. The third kappa shape index (κ3) is 4.26. The number of halogens is 2. The highest BCUT2D eigenvalue weighted by atomic mass is 35.5. The van der Waals surface area contributed by atoms with E-state index in [0.29, 0.717) is 12.1 Å². The maximum atomic E-state index is 13.5. The summed E-state index contributed by atoms with van der Waals surface area (Å²) in [6.45, 7) is 6.75. The molecule has 22 heavy (non-hydrogen) atoms. The van der Waals surface area contributed by atoms with Gasteiger partial charge >= 0.3 is 0 Å². The second-order valence-corrected chi connectivity index (χ2v) is 7.45. The number of nitrogens with zero attached hydrogens (tertiary/aromatic N) is 1. The monoisotopic (exact) mass is 342 g/mol. The fourth-order valence-electron chi connectivity index (χ4n) is 1.98. The second-order valence-electron chi connectivity index (χ2n) is 6.18. The van der Waals surface area contributed by atoms with Crippen molar-refractivity contribution in [2.45, 2.75) is 38.8 Å². The molecule has 0 saturated carbocycles. The first-order chi connectivity index (χ1) is 10.3. The number of thiazole rings is 1. The van der Waals surface area contributed by atoms with Gasteiger partial charge in [-0.3, -0.25) is 0 Å². The fraction of sp³-hybridized carbons (Fsp3) is 0.438. The lowest BCUT2D eigenvalue weighted by atomic mass is 9.98. The van der Waals surface area contributed by atoms with Gasteiger partial charge in [-0.2, -0.15) is 0 Å². The molecule has 0 aliphatic rings. The van der Waals surface area contributed by atoms with Crippen molar-refractivity contribution in [3.8, 4) is 0 Å². The van der Waals surface area contributed by atoms with Gasteiger partial charge in [0.05, 0.1) is 28.4 Å². The molecule has 2 N–H and O–H groups in total. The molecule has 1 heterocycles. The van der Waals surface area contributed by atoms with E-state index in [1.165, 1.54) is 12.1 Å². The molecule has 0 amide bonds. The minimum Gasteiger partial charge on any atom is -0.394 e. The molecule has 0 aliphatic carbocycles. The predicted octanol–water partition coefficient (Wildman–Crippen LogP) is 4.06. The molecule has 0 spiro atoms. The summed E-state index contributed by atoms with van der Waals surface area (Å²) in [7, 11) is 0. The number of benzene rings is 1. The van der Waals surface area contributed by atoms with Crippen LogP contribution in [-0.4, -0.2) is 16.7 Å². The Bertz CT molecular complexity index is 639. The first-order valence-electron chi connectivity index (χ1n) is 7.05. The van der Waals surface area contributed by atoms with Crippen LogP contribution in [0.25, 0.3) is 0 Å². The summed E-state index contributed by atoms with van der Waals surface area (Å²) in [6, 6.07) is 4.20. The van der Waals surface area contributed by atoms with Gasteiger partial charge in [0, 0.05) is 17.3 Å². The van der Waals surface area contributed by atoms with Crippen LogP contribution < -0.4 is 5.32 Å². The Morgan fingerprint density at radius 2 is 2.14 bits per heavy atom. The molecule has 1 aromatic carbocycles. The van der Waals surface area contributed by atoms with E-state index in [0.717, 1.165) is 10.7 Å². The number of hydrogen-bond donors (Lipinski definition) is 2.